The fraction of sp³-hybridized carbons (Fsp3) is 0.500. The van der Waals surface area contributed by atoms with Crippen molar-refractivity contribution in [1.82, 2.24) is 9.78 Å². The van der Waals surface area contributed by atoms with Gasteiger partial charge in [-0.05, 0) is 0 Å². The van der Waals surface area contributed by atoms with E-state index in [-0.39, 0.29) is 0 Å². The zero-order chi connectivity index (χ0) is 12.3. The van der Waals surface area contributed by atoms with Crippen molar-refractivity contribution in [3.8, 4) is 0 Å². The Hall–Kier alpha value is -1.57. The first kappa shape index (κ1) is 12.5. The predicted molar refractivity (Wildman–Crippen MR) is 49.9 cm³/mol. The number of hydrogen-bond acceptors (Lipinski definition) is 3. The summed E-state index contributed by atoms with van der Waals surface area (Å²) in [6.07, 6.45) is -4.50. The monoisotopic (exact) mass is 237 g/mol. The van der Waals surface area contributed by atoms with Crippen LogP contribution in [0, 0.1) is 5.92 Å². The number of H-pyrrole nitrogens is 1. The van der Waals surface area contributed by atoms with Gasteiger partial charge in [0.2, 0.25) is 0 Å². The summed E-state index contributed by atoms with van der Waals surface area (Å²) in [6.45, 7) is -1.33. The molecule has 0 spiro atoms. The van der Waals surface area contributed by atoms with Crippen LogP contribution in [-0.4, -0.2) is 22.5 Å². The van der Waals surface area contributed by atoms with Crippen molar-refractivity contribution >= 4 is 0 Å². The average molecular weight is 237 g/mol. The first-order chi connectivity index (χ1) is 7.34. The quantitative estimate of drug-likeness (QED) is 0.755. The molecule has 1 aromatic rings. The molecule has 0 saturated carbocycles. The maximum absolute atomic E-state index is 12.4. The lowest BCUT2D eigenvalue weighted by Gasteiger charge is -2.18. The third kappa shape index (κ3) is 2.96. The Bertz CT molecular complexity index is 463. The molecule has 0 radical (unpaired) electrons. The van der Waals surface area contributed by atoms with Crippen LogP contribution in [0.2, 0.25) is 0 Å². The van der Waals surface area contributed by atoms with Crippen molar-refractivity contribution in [2.75, 3.05) is 6.54 Å². The first-order valence-electron chi connectivity index (χ1n) is 4.41. The minimum atomic E-state index is -4.50. The number of aromatic nitrogens is 2. The molecule has 1 heterocycles. The van der Waals surface area contributed by atoms with Gasteiger partial charge in [0.1, 0.15) is 0 Å². The highest BCUT2D eigenvalue weighted by atomic mass is 19.4. The van der Waals surface area contributed by atoms with Crippen LogP contribution in [0.3, 0.4) is 0 Å². The molecule has 0 fully saturated rings. The van der Waals surface area contributed by atoms with Gasteiger partial charge in [-0.25, -0.2) is 4.68 Å². The third-order valence-corrected chi connectivity index (χ3v) is 2.04. The van der Waals surface area contributed by atoms with Crippen LogP contribution in [0.25, 0.3) is 0 Å². The van der Waals surface area contributed by atoms with Crippen LogP contribution in [0.5, 0.6) is 0 Å². The van der Waals surface area contributed by atoms with E-state index in [4.69, 9.17) is 5.73 Å². The minimum Gasteiger partial charge on any atom is -0.330 e. The lowest BCUT2D eigenvalue weighted by molar-refractivity contribution is -0.175. The Balaban J connectivity index is 2.99. The van der Waals surface area contributed by atoms with E-state index >= 15 is 0 Å². The summed E-state index contributed by atoms with van der Waals surface area (Å²) < 4.78 is 37.7. The molecular formula is C8H10F3N3O2. The normalized spacial score (nSPS) is 13.8. The van der Waals surface area contributed by atoms with Gasteiger partial charge in [-0.1, -0.05) is 0 Å². The van der Waals surface area contributed by atoms with Crippen LogP contribution < -0.4 is 16.9 Å². The highest BCUT2D eigenvalue weighted by molar-refractivity contribution is 4.86. The van der Waals surface area contributed by atoms with Crippen molar-refractivity contribution in [1.29, 1.82) is 0 Å². The van der Waals surface area contributed by atoms with Crippen molar-refractivity contribution in [2.45, 2.75) is 12.7 Å². The molecule has 0 saturated heterocycles. The van der Waals surface area contributed by atoms with Gasteiger partial charge in [0.05, 0.1) is 12.5 Å². The predicted octanol–water partition coefficient (Wildman–Crippen LogP) is -0.326. The summed E-state index contributed by atoms with van der Waals surface area (Å²) in [7, 11) is 0. The van der Waals surface area contributed by atoms with Gasteiger partial charge >= 0.3 is 6.18 Å². The Morgan fingerprint density at radius 3 is 2.50 bits per heavy atom. The number of alkyl halides is 3. The second kappa shape index (κ2) is 4.52. The van der Waals surface area contributed by atoms with E-state index in [1.807, 2.05) is 5.10 Å². The molecule has 1 unspecified atom stereocenters. The Kier molecular flexibility index (Phi) is 3.53. The number of halogens is 3. The lowest BCUT2D eigenvalue weighted by atomic mass is 10.1. The fourth-order valence-corrected chi connectivity index (χ4v) is 1.13. The maximum atomic E-state index is 12.4. The van der Waals surface area contributed by atoms with E-state index in [1.165, 1.54) is 0 Å². The van der Waals surface area contributed by atoms with E-state index in [9.17, 15) is 22.8 Å². The maximum Gasteiger partial charge on any atom is 0.394 e. The molecule has 0 aromatic carbocycles. The van der Waals surface area contributed by atoms with Crippen LogP contribution in [-0.2, 0) is 6.54 Å². The van der Waals surface area contributed by atoms with E-state index in [0.717, 1.165) is 12.1 Å². The zero-order valence-corrected chi connectivity index (χ0v) is 8.12. The number of nitrogens with one attached hydrogen (secondary N) is 1. The molecule has 8 heteroatoms. The van der Waals surface area contributed by atoms with Gasteiger partial charge in [0.15, 0.2) is 0 Å². The minimum absolute atomic E-state index is 0.605. The topological polar surface area (TPSA) is 80.9 Å². The number of nitrogens with zero attached hydrogens (tertiary/aromatic N) is 1. The molecule has 16 heavy (non-hydrogen) atoms. The van der Waals surface area contributed by atoms with E-state index in [2.05, 4.69) is 0 Å². The van der Waals surface area contributed by atoms with Crippen LogP contribution in [0.15, 0.2) is 21.7 Å². The van der Waals surface area contributed by atoms with Gasteiger partial charge in [-0.15, -0.1) is 0 Å². The standard InChI is InChI=1S/C8H10F3N3O2/c9-8(10,11)5(3-12)4-14-7(16)2-1-6(15)13-14/h1-2,5H,3-4,12H2,(H,13,15). The Morgan fingerprint density at radius 1 is 1.38 bits per heavy atom. The molecule has 90 valence electrons. The molecule has 3 N–H and O–H groups in total. The van der Waals surface area contributed by atoms with Gasteiger partial charge in [-0.3, -0.25) is 14.7 Å². The molecule has 1 atom stereocenters. The molecule has 1 aromatic heterocycles. The second-order valence-electron chi connectivity index (χ2n) is 3.23. The van der Waals surface area contributed by atoms with Gasteiger partial charge in [0.25, 0.3) is 11.1 Å². The van der Waals surface area contributed by atoms with E-state index in [0.29, 0.717) is 4.68 Å². The second-order valence-corrected chi connectivity index (χ2v) is 3.23. The number of rotatable bonds is 3. The summed E-state index contributed by atoms with van der Waals surface area (Å²) in [5.41, 5.74) is 3.62. The lowest BCUT2D eigenvalue weighted by Crippen LogP contribution is -2.39. The van der Waals surface area contributed by atoms with E-state index in [1.54, 1.807) is 0 Å². The summed E-state index contributed by atoms with van der Waals surface area (Å²) in [5.74, 6) is -1.86. The summed E-state index contributed by atoms with van der Waals surface area (Å²) in [6, 6.07) is 1.85. The first-order valence-corrected chi connectivity index (χ1v) is 4.41. The third-order valence-electron chi connectivity index (χ3n) is 2.04. The Labute approximate surface area is 87.7 Å². The largest absolute Gasteiger partial charge is 0.394 e. The molecule has 5 nitrogen and oxygen atoms in total. The van der Waals surface area contributed by atoms with Gasteiger partial charge in [-0.2, -0.15) is 13.2 Å². The molecule has 0 aliphatic carbocycles. The van der Waals surface area contributed by atoms with Crippen molar-refractivity contribution in [3.05, 3.63) is 32.8 Å². The van der Waals surface area contributed by atoms with Crippen molar-refractivity contribution < 1.29 is 13.2 Å². The number of aromatic amines is 1. The molecule has 0 aliphatic heterocycles. The SMILES string of the molecule is NCC(Cn1[nH]c(=O)ccc1=O)C(F)(F)F. The zero-order valence-electron chi connectivity index (χ0n) is 8.12. The smallest absolute Gasteiger partial charge is 0.330 e. The van der Waals surface area contributed by atoms with Crippen LogP contribution in [0.4, 0.5) is 13.2 Å². The van der Waals surface area contributed by atoms with Crippen LogP contribution >= 0.6 is 0 Å². The highest BCUT2D eigenvalue weighted by Crippen LogP contribution is 2.25. The highest BCUT2D eigenvalue weighted by Gasteiger charge is 2.38. The number of nitrogens with two attached hydrogens (primary N) is 1. The summed E-state index contributed by atoms with van der Waals surface area (Å²) >= 11 is 0. The molecule has 0 bridgehead atoms. The molecule has 0 amide bonds. The van der Waals surface area contributed by atoms with Crippen molar-refractivity contribution in [2.24, 2.45) is 11.7 Å². The van der Waals surface area contributed by atoms with Gasteiger partial charge in [0, 0.05) is 18.7 Å². The van der Waals surface area contributed by atoms with Crippen molar-refractivity contribution in [3.63, 3.8) is 0 Å². The van der Waals surface area contributed by atoms with Gasteiger partial charge < -0.3 is 5.73 Å². The average Bonchev–Trinajstić information content (AvgIpc) is 2.17. The summed E-state index contributed by atoms with van der Waals surface area (Å²) in [4.78, 5) is 22.0. The Morgan fingerprint density at radius 2 is 2.00 bits per heavy atom. The van der Waals surface area contributed by atoms with E-state index < -0.39 is 36.3 Å². The number of hydrogen-bond donors (Lipinski definition) is 2. The molecular weight excluding hydrogens is 227 g/mol. The molecule has 1 rings (SSSR count). The fourth-order valence-electron chi connectivity index (χ4n) is 1.13. The summed E-state index contributed by atoms with van der Waals surface area (Å²) in [5, 5.41) is 2.01. The van der Waals surface area contributed by atoms with Crippen LogP contribution in [0.1, 0.15) is 0 Å². The molecule has 0 aliphatic rings.